The maximum Gasteiger partial charge on any atom is 0.417 e. The van der Waals surface area contributed by atoms with E-state index < -0.39 is 46.8 Å². The van der Waals surface area contributed by atoms with Gasteiger partial charge in [-0.1, -0.05) is 35.9 Å². The van der Waals surface area contributed by atoms with Crippen molar-refractivity contribution in [3.63, 3.8) is 0 Å². The molecule has 3 nitrogen and oxygen atoms in total. The van der Waals surface area contributed by atoms with Gasteiger partial charge in [-0.15, -0.1) is 0 Å². The van der Waals surface area contributed by atoms with Gasteiger partial charge in [-0.2, -0.15) is 13.2 Å². The van der Waals surface area contributed by atoms with Gasteiger partial charge in [0.05, 0.1) is 27.8 Å². The van der Waals surface area contributed by atoms with Gasteiger partial charge in [-0.3, -0.25) is 4.79 Å². The Morgan fingerprint density at radius 2 is 1.77 bits per heavy atom. The molecule has 3 rings (SSSR count). The fraction of sp³-hybridized carbons (Fsp3) is 0.381. The lowest BCUT2D eigenvalue weighted by atomic mass is 9.76. The van der Waals surface area contributed by atoms with Crippen LogP contribution in [0.2, 0.25) is 5.02 Å². The van der Waals surface area contributed by atoms with Crippen molar-refractivity contribution in [3.05, 3.63) is 70.0 Å². The van der Waals surface area contributed by atoms with Crippen molar-refractivity contribution in [1.82, 2.24) is 5.32 Å². The summed E-state index contributed by atoms with van der Waals surface area (Å²) in [5.74, 6) is -1.92. The minimum absolute atomic E-state index is 0.00502. The lowest BCUT2D eigenvalue weighted by Gasteiger charge is -2.41. The molecule has 1 unspecified atom stereocenters. The van der Waals surface area contributed by atoms with E-state index in [9.17, 15) is 31.9 Å². The number of nitrogens with one attached hydrogen (secondary N) is 1. The highest BCUT2D eigenvalue weighted by molar-refractivity contribution is 6.31. The van der Waals surface area contributed by atoms with Crippen molar-refractivity contribution >= 4 is 17.5 Å². The maximum absolute atomic E-state index is 14.0. The molecule has 1 amide bonds. The zero-order chi connectivity index (χ0) is 22.1. The molecule has 0 saturated heterocycles. The second-order valence-electron chi connectivity index (χ2n) is 7.37. The number of rotatable bonds is 4. The first-order valence-electron chi connectivity index (χ1n) is 9.30. The van der Waals surface area contributed by atoms with Crippen LogP contribution in [0.5, 0.6) is 0 Å². The highest BCUT2D eigenvalue weighted by atomic mass is 35.5. The molecule has 0 spiro atoms. The van der Waals surface area contributed by atoms with Gasteiger partial charge in [0.25, 0.3) is 5.91 Å². The van der Waals surface area contributed by atoms with E-state index in [0.29, 0.717) is 0 Å². The van der Waals surface area contributed by atoms with Crippen LogP contribution < -0.4 is 5.32 Å². The molecule has 0 aliphatic heterocycles. The van der Waals surface area contributed by atoms with Crippen LogP contribution in [0, 0.1) is 5.82 Å². The third-order valence-electron chi connectivity index (χ3n) is 5.36. The number of amides is 1. The van der Waals surface area contributed by atoms with Crippen LogP contribution in [0.1, 0.15) is 53.2 Å². The summed E-state index contributed by atoms with van der Waals surface area (Å²) in [6.07, 6.45) is -6.08. The van der Waals surface area contributed by atoms with E-state index in [-0.39, 0.29) is 36.3 Å². The third kappa shape index (κ3) is 4.59. The van der Waals surface area contributed by atoms with E-state index >= 15 is 0 Å². The van der Waals surface area contributed by atoms with Crippen molar-refractivity contribution in [1.29, 1.82) is 0 Å². The lowest BCUT2D eigenvalue weighted by molar-refractivity contribution is -0.138. The second kappa shape index (κ2) is 8.51. The molecule has 0 aromatic heterocycles. The molecule has 1 fully saturated rings. The monoisotopic (exact) mass is 447 g/mol. The molecular formula is C21H19ClF5NO2. The number of benzene rings is 2. The van der Waals surface area contributed by atoms with E-state index in [1.54, 1.807) is 0 Å². The van der Waals surface area contributed by atoms with Gasteiger partial charge in [0, 0.05) is 0 Å². The molecule has 2 aromatic carbocycles. The standard InChI is InChI=1S/C21H19ClF5NO2/c22-17-14(5-3-7-16(17)24)18(20(30)10-8-12(23)9-11-20)28-19(29)13-4-1-2-6-15(13)21(25,26)27/h1-7,12,18,30H,8-11H2,(H,28,29). The molecule has 0 heterocycles. The molecular weight excluding hydrogens is 429 g/mol. The Morgan fingerprint density at radius 1 is 1.13 bits per heavy atom. The first-order chi connectivity index (χ1) is 14.0. The fourth-order valence-corrected chi connectivity index (χ4v) is 3.99. The molecule has 1 saturated carbocycles. The molecule has 0 bridgehead atoms. The highest BCUT2D eigenvalue weighted by Gasteiger charge is 2.44. The van der Waals surface area contributed by atoms with Crippen LogP contribution in [-0.4, -0.2) is 22.8 Å². The Hall–Kier alpha value is -2.19. The van der Waals surface area contributed by atoms with Crippen LogP contribution in [0.25, 0.3) is 0 Å². The summed E-state index contributed by atoms with van der Waals surface area (Å²) in [4.78, 5) is 12.8. The zero-order valence-electron chi connectivity index (χ0n) is 15.6. The largest absolute Gasteiger partial charge is 0.417 e. The summed E-state index contributed by atoms with van der Waals surface area (Å²) in [6.45, 7) is 0. The lowest BCUT2D eigenvalue weighted by Crippen LogP contribution is -2.49. The average Bonchev–Trinajstić information content (AvgIpc) is 2.70. The molecule has 30 heavy (non-hydrogen) atoms. The van der Waals surface area contributed by atoms with E-state index in [1.807, 2.05) is 0 Å². The Balaban J connectivity index is 2.02. The predicted molar refractivity (Wildman–Crippen MR) is 101 cm³/mol. The zero-order valence-corrected chi connectivity index (χ0v) is 16.4. The topological polar surface area (TPSA) is 49.3 Å². The summed E-state index contributed by atoms with van der Waals surface area (Å²) in [7, 11) is 0. The SMILES string of the molecule is O=C(NC(c1cccc(F)c1Cl)C1(O)CCC(F)CC1)c1ccccc1C(F)(F)F. The second-order valence-corrected chi connectivity index (χ2v) is 7.75. The van der Waals surface area contributed by atoms with Gasteiger partial charge in [-0.05, 0) is 49.4 Å². The van der Waals surface area contributed by atoms with Crippen molar-refractivity contribution in [3.8, 4) is 0 Å². The van der Waals surface area contributed by atoms with Gasteiger partial charge in [-0.25, -0.2) is 8.78 Å². The molecule has 1 aliphatic rings. The average molecular weight is 448 g/mol. The summed E-state index contributed by atoms with van der Waals surface area (Å²) in [5.41, 5.74) is -3.49. The number of alkyl halides is 4. The number of carbonyl (C=O) groups is 1. The molecule has 2 N–H and O–H groups in total. The Kier molecular flexibility index (Phi) is 6.38. The van der Waals surface area contributed by atoms with Gasteiger partial charge in [0.2, 0.25) is 0 Å². The maximum atomic E-state index is 14.0. The van der Waals surface area contributed by atoms with E-state index in [2.05, 4.69) is 5.32 Å². The minimum atomic E-state index is -4.77. The molecule has 1 atom stereocenters. The van der Waals surface area contributed by atoms with Crippen LogP contribution in [-0.2, 0) is 6.18 Å². The van der Waals surface area contributed by atoms with Crippen molar-refractivity contribution in [2.75, 3.05) is 0 Å². The van der Waals surface area contributed by atoms with Crippen molar-refractivity contribution in [2.24, 2.45) is 0 Å². The van der Waals surface area contributed by atoms with Gasteiger partial charge < -0.3 is 10.4 Å². The number of aliphatic hydroxyl groups is 1. The normalized spacial score (nSPS) is 23.1. The van der Waals surface area contributed by atoms with Gasteiger partial charge >= 0.3 is 6.18 Å². The number of carbonyl (C=O) groups excluding carboxylic acids is 1. The minimum Gasteiger partial charge on any atom is -0.387 e. The summed E-state index contributed by atoms with van der Waals surface area (Å²) in [6, 6.07) is 6.62. The summed E-state index contributed by atoms with van der Waals surface area (Å²) < 4.78 is 67.6. The van der Waals surface area contributed by atoms with Gasteiger partial charge in [0.15, 0.2) is 0 Å². The van der Waals surface area contributed by atoms with Crippen LogP contribution >= 0.6 is 11.6 Å². The Labute approximate surface area is 174 Å². The molecule has 2 aromatic rings. The van der Waals surface area contributed by atoms with E-state index in [1.165, 1.54) is 18.2 Å². The quantitative estimate of drug-likeness (QED) is 0.598. The molecule has 9 heteroatoms. The molecule has 1 aliphatic carbocycles. The smallest absolute Gasteiger partial charge is 0.387 e. The van der Waals surface area contributed by atoms with Crippen molar-refractivity contribution in [2.45, 2.75) is 49.7 Å². The Bertz CT molecular complexity index is 926. The van der Waals surface area contributed by atoms with Crippen LogP contribution in [0.3, 0.4) is 0 Å². The highest BCUT2D eigenvalue weighted by Crippen LogP contribution is 2.42. The predicted octanol–water partition coefficient (Wildman–Crippen LogP) is 5.61. The first kappa shape index (κ1) is 22.5. The first-order valence-corrected chi connectivity index (χ1v) is 9.68. The summed E-state index contributed by atoms with van der Waals surface area (Å²) >= 11 is 6.04. The fourth-order valence-electron chi connectivity index (χ4n) is 3.75. The van der Waals surface area contributed by atoms with Gasteiger partial charge in [0.1, 0.15) is 12.0 Å². The van der Waals surface area contributed by atoms with E-state index in [0.717, 1.165) is 24.3 Å². The third-order valence-corrected chi connectivity index (χ3v) is 5.76. The van der Waals surface area contributed by atoms with Crippen LogP contribution in [0.4, 0.5) is 22.0 Å². The molecule has 0 radical (unpaired) electrons. The Morgan fingerprint density at radius 3 is 2.40 bits per heavy atom. The number of hydrogen-bond acceptors (Lipinski definition) is 2. The number of halogens is 6. The van der Waals surface area contributed by atoms with Crippen molar-refractivity contribution < 1.29 is 31.9 Å². The summed E-state index contributed by atoms with van der Waals surface area (Å²) in [5, 5.41) is 13.2. The van der Waals surface area contributed by atoms with Crippen LogP contribution in [0.15, 0.2) is 42.5 Å². The number of hydrogen-bond donors (Lipinski definition) is 2. The van der Waals surface area contributed by atoms with E-state index in [4.69, 9.17) is 11.6 Å². The molecule has 162 valence electrons.